The van der Waals surface area contributed by atoms with Gasteiger partial charge in [0.05, 0.1) is 10.6 Å². The molecule has 1 aromatic rings. The Morgan fingerprint density at radius 2 is 1.70 bits per heavy atom. The lowest BCUT2D eigenvalue weighted by atomic mass is 10.0. The van der Waals surface area contributed by atoms with Crippen LogP contribution in [0.5, 0.6) is 0 Å². The zero-order chi connectivity index (χ0) is 17.1. The van der Waals surface area contributed by atoms with Crippen molar-refractivity contribution in [3.05, 3.63) is 29.8 Å². The first-order valence-corrected chi connectivity index (χ1v) is 11.6. The van der Waals surface area contributed by atoms with Crippen LogP contribution in [0.1, 0.15) is 44.6 Å². The molecule has 0 aliphatic heterocycles. The Morgan fingerprint density at radius 1 is 1.13 bits per heavy atom. The predicted molar refractivity (Wildman–Crippen MR) is 95.4 cm³/mol. The summed E-state index contributed by atoms with van der Waals surface area (Å²) in [5, 5.41) is 0.181. The summed E-state index contributed by atoms with van der Waals surface area (Å²) in [6.07, 6.45) is 7.09. The lowest BCUT2D eigenvalue weighted by Crippen LogP contribution is -2.29. The first kappa shape index (κ1) is 18.5. The molecule has 6 heteroatoms. The second kappa shape index (κ2) is 7.36. The van der Waals surface area contributed by atoms with Crippen molar-refractivity contribution in [2.75, 3.05) is 12.0 Å². The molecule has 1 fully saturated rings. The van der Waals surface area contributed by atoms with Crippen molar-refractivity contribution in [3.63, 3.8) is 0 Å². The van der Waals surface area contributed by atoms with E-state index in [1.165, 1.54) is 13.3 Å². The van der Waals surface area contributed by atoms with Gasteiger partial charge in [-0.2, -0.15) is 8.42 Å². The molecule has 1 saturated carbocycles. The second-order valence-corrected chi connectivity index (χ2v) is 11.5. The van der Waals surface area contributed by atoms with E-state index in [1.807, 2.05) is 13.2 Å². The quantitative estimate of drug-likeness (QED) is 0.772. The van der Waals surface area contributed by atoms with E-state index < -0.39 is 20.4 Å². The molecule has 0 amide bonds. The molecule has 0 radical (unpaired) electrons. The highest BCUT2D eigenvalue weighted by molar-refractivity contribution is 8.33. The topological polar surface area (TPSA) is 60.4 Å². The van der Waals surface area contributed by atoms with Gasteiger partial charge >= 0.3 is 10.1 Å². The van der Waals surface area contributed by atoms with Gasteiger partial charge in [-0.3, -0.25) is 4.79 Å². The number of aryl methyl sites for hydroxylation is 1. The molecule has 4 nitrogen and oxygen atoms in total. The Kier molecular flexibility index (Phi) is 5.92. The molecular formula is C17H26O4S2. The highest BCUT2D eigenvalue weighted by atomic mass is 32.3. The van der Waals surface area contributed by atoms with Gasteiger partial charge in [-0.15, -0.1) is 10.3 Å². The lowest BCUT2D eigenvalue weighted by molar-refractivity contribution is -0.114. The van der Waals surface area contributed by atoms with Gasteiger partial charge in [0.2, 0.25) is 0 Å². The number of Topliss-reactive ketones (excluding diaryl/α,β-unsaturated/α-hetero) is 1. The number of carbonyl (C=O) groups excluding carboxylic acids is 1. The van der Waals surface area contributed by atoms with Gasteiger partial charge < -0.3 is 0 Å². The standard InChI is InChI=1S/C17H26O4S2/c1-14-9-11-17(12-10-14)23(19,20)21-22(3,13-15(2)18)16-7-5-4-6-8-16/h9-12,16H,4-8,13H2,1-3H3. The Bertz CT molecular complexity index is 646. The normalized spacial score (nSPS) is 20.7. The minimum absolute atomic E-state index is 0.00724. The van der Waals surface area contributed by atoms with Crippen LogP contribution >= 0.6 is 10.3 Å². The minimum atomic E-state index is -3.84. The van der Waals surface area contributed by atoms with Gasteiger partial charge in [-0.25, -0.2) is 3.63 Å². The van der Waals surface area contributed by atoms with E-state index in [-0.39, 0.29) is 21.7 Å². The highest BCUT2D eigenvalue weighted by Crippen LogP contribution is 2.56. The van der Waals surface area contributed by atoms with Gasteiger partial charge in [-0.05, 0) is 45.1 Å². The SMILES string of the molecule is CC(=O)CS(C)(OS(=O)(=O)c1ccc(C)cc1)C1CCCCC1. The third kappa shape index (κ3) is 4.81. The Morgan fingerprint density at radius 3 is 2.22 bits per heavy atom. The van der Waals surface area contributed by atoms with Crippen molar-refractivity contribution in [1.29, 1.82) is 0 Å². The van der Waals surface area contributed by atoms with Gasteiger partial charge in [0.1, 0.15) is 5.78 Å². The summed E-state index contributed by atoms with van der Waals surface area (Å²) in [6, 6.07) is 6.65. The van der Waals surface area contributed by atoms with Crippen LogP contribution in [-0.4, -0.2) is 31.5 Å². The first-order chi connectivity index (χ1) is 10.7. The summed E-state index contributed by atoms with van der Waals surface area (Å²) in [5.74, 6) is 0.204. The molecule has 1 atom stereocenters. The summed E-state index contributed by atoms with van der Waals surface area (Å²) in [5.41, 5.74) is 0.995. The molecule has 0 aromatic heterocycles. The number of ketones is 1. The largest absolute Gasteiger partial charge is 0.306 e. The fourth-order valence-electron chi connectivity index (χ4n) is 3.11. The van der Waals surface area contributed by atoms with Crippen molar-refractivity contribution >= 4 is 26.2 Å². The number of hydrogen-bond acceptors (Lipinski definition) is 4. The Labute approximate surface area is 141 Å². The van der Waals surface area contributed by atoms with Crippen LogP contribution in [-0.2, 0) is 18.5 Å². The molecule has 0 spiro atoms. The summed E-state index contributed by atoms with van der Waals surface area (Å²) >= 11 is 0. The molecule has 1 unspecified atom stereocenters. The molecule has 1 aliphatic carbocycles. The lowest BCUT2D eigenvalue weighted by Gasteiger charge is -2.42. The monoisotopic (exact) mass is 358 g/mol. The molecule has 2 rings (SSSR count). The zero-order valence-electron chi connectivity index (χ0n) is 14.1. The summed E-state index contributed by atoms with van der Waals surface area (Å²) < 4.78 is 31.1. The fourth-order valence-corrected chi connectivity index (χ4v) is 8.54. The number of carbonyl (C=O) groups is 1. The van der Waals surface area contributed by atoms with Crippen LogP contribution in [0.2, 0.25) is 0 Å². The molecule has 1 aliphatic rings. The Balaban J connectivity index is 2.28. The van der Waals surface area contributed by atoms with Crippen LogP contribution in [0.15, 0.2) is 29.2 Å². The van der Waals surface area contributed by atoms with Crippen LogP contribution in [0.25, 0.3) is 0 Å². The van der Waals surface area contributed by atoms with E-state index in [0.29, 0.717) is 0 Å². The summed E-state index contributed by atoms with van der Waals surface area (Å²) in [7, 11) is -5.84. The zero-order valence-corrected chi connectivity index (χ0v) is 15.7. The van der Waals surface area contributed by atoms with Crippen molar-refractivity contribution in [1.82, 2.24) is 0 Å². The summed E-state index contributed by atoms with van der Waals surface area (Å²) in [4.78, 5) is 11.9. The molecular weight excluding hydrogens is 332 g/mol. The van der Waals surface area contributed by atoms with Crippen LogP contribution in [0.4, 0.5) is 0 Å². The van der Waals surface area contributed by atoms with E-state index in [9.17, 15) is 13.2 Å². The van der Waals surface area contributed by atoms with E-state index in [4.69, 9.17) is 3.63 Å². The van der Waals surface area contributed by atoms with Crippen molar-refractivity contribution < 1.29 is 16.8 Å². The first-order valence-electron chi connectivity index (χ1n) is 8.00. The van der Waals surface area contributed by atoms with Crippen molar-refractivity contribution in [2.45, 2.75) is 56.1 Å². The maximum atomic E-state index is 12.7. The third-order valence-electron chi connectivity index (χ3n) is 4.30. The summed E-state index contributed by atoms with van der Waals surface area (Å²) in [6.45, 7) is 3.42. The highest BCUT2D eigenvalue weighted by Gasteiger charge is 2.37. The molecule has 1 aromatic carbocycles. The molecule has 0 N–H and O–H groups in total. The number of benzene rings is 1. The maximum Gasteiger partial charge on any atom is 0.306 e. The van der Waals surface area contributed by atoms with Gasteiger partial charge in [-0.1, -0.05) is 37.0 Å². The number of rotatable bonds is 6. The van der Waals surface area contributed by atoms with Gasteiger partial charge in [0.25, 0.3) is 0 Å². The van der Waals surface area contributed by atoms with E-state index >= 15 is 0 Å². The van der Waals surface area contributed by atoms with Crippen LogP contribution < -0.4 is 0 Å². The van der Waals surface area contributed by atoms with E-state index in [2.05, 4.69) is 0 Å². The van der Waals surface area contributed by atoms with Crippen LogP contribution in [0, 0.1) is 6.92 Å². The molecule has 0 bridgehead atoms. The maximum absolute atomic E-state index is 12.7. The molecule has 0 heterocycles. The third-order valence-corrected chi connectivity index (χ3v) is 9.97. The average molecular weight is 359 g/mol. The smallest absolute Gasteiger partial charge is 0.299 e. The van der Waals surface area contributed by atoms with Crippen molar-refractivity contribution in [3.8, 4) is 0 Å². The minimum Gasteiger partial charge on any atom is -0.299 e. The second-order valence-electron chi connectivity index (χ2n) is 6.51. The van der Waals surface area contributed by atoms with Gasteiger partial charge in [0.15, 0.2) is 0 Å². The average Bonchev–Trinajstić information content (AvgIpc) is 2.47. The predicted octanol–water partition coefficient (Wildman–Crippen LogP) is 3.97. The van der Waals surface area contributed by atoms with Crippen molar-refractivity contribution in [2.24, 2.45) is 0 Å². The Hall–Kier alpha value is -0.850. The molecule has 130 valence electrons. The van der Waals surface area contributed by atoms with E-state index in [0.717, 1.165) is 31.2 Å². The molecule has 23 heavy (non-hydrogen) atoms. The molecule has 0 saturated heterocycles. The van der Waals surface area contributed by atoms with Crippen LogP contribution in [0.3, 0.4) is 0 Å². The van der Waals surface area contributed by atoms with Gasteiger partial charge in [0, 0.05) is 5.25 Å². The fraction of sp³-hybridized carbons (Fsp3) is 0.588. The van der Waals surface area contributed by atoms with E-state index in [1.54, 1.807) is 24.3 Å². The number of hydrogen-bond donors (Lipinski definition) is 0.